The second-order valence-electron chi connectivity index (χ2n) is 2.77. The van der Waals surface area contributed by atoms with E-state index in [2.05, 4.69) is 0 Å². The Hall–Kier alpha value is -0.441. The highest BCUT2D eigenvalue weighted by atomic mass is 16.6. The summed E-state index contributed by atoms with van der Waals surface area (Å²) in [5, 5.41) is 172. The van der Waals surface area contributed by atoms with Crippen molar-refractivity contribution < 1.29 is 121 Å². The number of hydrogen-bond donors (Lipinski definition) is 24. The summed E-state index contributed by atoms with van der Waals surface area (Å²) in [7, 11) is -17.3. The highest BCUT2D eigenvalue weighted by molar-refractivity contribution is 6.32. The van der Waals surface area contributed by atoms with Crippen LogP contribution in [0.25, 0.3) is 0 Å². The van der Waals surface area contributed by atoms with Gasteiger partial charge in [-0.05, 0) is 0 Å². The first kappa shape index (κ1) is 53.1. The normalized spacial score (nSPS) is 6.75. The van der Waals surface area contributed by atoms with Gasteiger partial charge in [-0.3, -0.25) is 0 Å². The molecule has 0 saturated carbocycles. The monoisotopic (exact) mass is 496 g/mol. The van der Waals surface area contributed by atoms with Gasteiger partial charge in [-0.25, -0.2) is 0 Å². The third kappa shape index (κ3) is 124000. The van der Waals surface area contributed by atoms with Crippen LogP contribution >= 0.6 is 0 Å². The molecule has 0 saturated heterocycles. The van der Waals surface area contributed by atoms with Gasteiger partial charge < -0.3 is 121 Å². The lowest BCUT2D eigenvalue weighted by Gasteiger charge is -1.69. The predicted molar refractivity (Wildman–Crippen MR) is 99.3 cm³/mol. The molecule has 0 aromatic carbocycles. The van der Waals surface area contributed by atoms with E-state index in [4.69, 9.17) is 121 Å². The van der Waals surface area contributed by atoms with Crippen molar-refractivity contribution in [3.8, 4) is 0 Å². The Labute approximate surface area is 180 Å². The van der Waals surface area contributed by atoms with Crippen molar-refractivity contribution in [2.24, 2.45) is 0 Å². The third-order valence-corrected chi connectivity index (χ3v) is 0. The van der Waals surface area contributed by atoms with Crippen molar-refractivity contribution >= 4 is 58.6 Å². The van der Waals surface area contributed by atoms with Gasteiger partial charge in [0.2, 0.25) is 0 Å². The van der Waals surface area contributed by atoms with E-state index < -0.39 is 58.6 Å². The van der Waals surface area contributed by atoms with E-state index in [9.17, 15) is 0 Å². The van der Waals surface area contributed by atoms with Gasteiger partial charge in [0, 0.05) is 0 Å². The fourth-order valence-corrected chi connectivity index (χ4v) is 0. The Bertz CT molecular complexity index is 136. The molecule has 32 heteroatoms. The topological polar surface area (TPSA) is 486 Å². The second-order valence-corrected chi connectivity index (χ2v) is 2.77. The number of hydrogen-bond acceptors (Lipinski definition) is 24. The summed E-state index contributed by atoms with van der Waals surface area (Å²) in [6.45, 7) is 0. The molecule has 0 aromatic rings. The summed E-state index contributed by atoms with van der Waals surface area (Å²) in [5.41, 5.74) is 0. The molecule has 0 aromatic heterocycles. The first-order chi connectivity index (χ1) is 13.9. The van der Waals surface area contributed by atoms with Gasteiger partial charge in [0.1, 0.15) is 0 Å². The summed E-state index contributed by atoms with van der Waals surface area (Å²) in [6.07, 6.45) is 0. The molecular formula is H24B8O24. The Balaban J connectivity index is -0.0000000343. The molecule has 192 valence electrons. The molecule has 0 bridgehead atoms. The lowest BCUT2D eigenvalue weighted by atomic mass is 10.3. The Morgan fingerprint density at radius 3 is 0.125 bits per heavy atom. The summed E-state index contributed by atoms with van der Waals surface area (Å²) in [6, 6.07) is 0. The molecular weight excluding hydrogens is 470 g/mol. The van der Waals surface area contributed by atoms with Crippen LogP contribution in [0, 0.1) is 0 Å². The van der Waals surface area contributed by atoms with Crippen molar-refractivity contribution in [2.75, 3.05) is 0 Å². The zero-order chi connectivity index (χ0) is 28.6. The molecule has 0 heterocycles. The van der Waals surface area contributed by atoms with E-state index in [1.807, 2.05) is 0 Å². The smallest absolute Gasteiger partial charge is 0.402 e. The Kier molecular flexibility index (Phi) is 79.8. The van der Waals surface area contributed by atoms with Crippen molar-refractivity contribution in [1.29, 1.82) is 0 Å². The van der Waals surface area contributed by atoms with Gasteiger partial charge in [0.05, 0.1) is 0 Å². The first-order valence-corrected chi connectivity index (χ1v) is 6.20. The molecule has 0 atom stereocenters. The van der Waals surface area contributed by atoms with Crippen LogP contribution < -0.4 is 0 Å². The minimum atomic E-state index is -2.17. The van der Waals surface area contributed by atoms with Gasteiger partial charge in [0.15, 0.2) is 0 Å². The number of rotatable bonds is 0. The average Bonchev–Trinajstić information content (AvgIpc) is 2.30. The zero-order valence-electron chi connectivity index (χ0n) is 15.4. The van der Waals surface area contributed by atoms with Crippen LogP contribution in [0.5, 0.6) is 0 Å². The van der Waals surface area contributed by atoms with Crippen LogP contribution in [0.15, 0.2) is 0 Å². The van der Waals surface area contributed by atoms with Crippen LogP contribution in [-0.4, -0.2) is 179 Å². The first-order valence-electron chi connectivity index (χ1n) is 6.20. The lowest BCUT2D eigenvalue weighted by molar-refractivity contribution is 0.276. The van der Waals surface area contributed by atoms with E-state index in [-0.39, 0.29) is 0 Å². The lowest BCUT2D eigenvalue weighted by Crippen LogP contribution is -2.07. The maximum Gasteiger partial charge on any atom is 0.631 e. The molecule has 24 nitrogen and oxygen atoms in total. The molecule has 0 unspecified atom stereocenters. The van der Waals surface area contributed by atoms with Crippen molar-refractivity contribution in [1.82, 2.24) is 0 Å². The average molecular weight is 495 g/mol. The van der Waals surface area contributed by atoms with Gasteiger partial charge in [0.25, 0.3) is 0 Å². The van der Waals surface area contributed by atoms with E-state index in [0.29, 0.717) is 0 Å². The second kappa shape index (κ2) is 48.1. The standard InChI is InChI=1S/8BH3O3/c8*2-1(3)4/h8*2-4H. The minimum Gasteiger partial charge on any atom is -0.402 e. The van der Waals surface area contributed by atoms with Gasteiger partial charge in [-0.1, -0.05) is 0 Å². The molecule has 0 spiro atoms. The maximum atomic E-state index is 7.17. The van der Waals surface area contributed by atoms with E-state index in [0.717, 1.165) is 0 Å². The fraction of sp³-hybridized carbons (Fsp3) is 0. The molecule has 0 aliphatic rings. The highest BCUT2D eigenvalue weighted by Crippen LogP contribution is 1.42. The summed E-state index contributed by atoms with van der Waals surface area (Å²) < 4.78 is 0. The largest absolute Gasteiger partial charge is 0.631 e. The van der Waals surface area contributed by atoms with Crippen LogP contribution in [0.4, 0.5) is 0 Å². The van der Waals surface area contributed by atoms with Crippen LogP contribution in [0.3, 0.4) is 0 Å². The van der Waals surface area contributed by atoms with Gasteiger partial charge in [-0.2, -0.15) is 0 Å². The SMILES string of the molecule is OB(O)O.OB(O)O.OB(O)O.OB(O)O.OB(O)O.OB(O)O.OB(O)O.OB(O)O. The molecule has 0 aliphatic heterocycles. The Morgan fingerprint density at radius 1 is 0.125 bits per heavy atom. The van der Waals surface area contributed by atoms with Gasteiger partial charge >= 0.3 is 58.6 Å². The molecule has 0 rings (SSSR count). The third-order valence-electron chi connectivity index (χ3n) is 0. The molecule has 24 N–H and O–H groups in total. The Morgan fingerprint density at radius 2 is 0.125 bits per heavy atom. The molecule has 0 amide bonds. The van der Waals surface area contributed by atoms with Crippen LogP contribution in [0.2, 0.25) is 0 Å². The van der Waals surface area contributed by atoms with Crippen molar-refractivity contribution in [3.63, 3.8) is 0 Å². The van der Waals surface area contributed by atoms with E-state index in [1.54, 1.807) is 0 Å². The maximum absolute atomic E-state index is 7.17. The fourth-order valence-electron chi connectivity index (χ4n) is 0. The zero-order valence-corrected chi connectivity index (χ0v) is 15.4. The summed E-state index contributed by atoms with van der Waals surface area (Å²) >= 11 is 0. The van der Waals surface area contributed by atoms with E-state index in [1.165, 1.54) is 0 Å². The van der Waals surface area contributed by atoms with Crippen molar-refractivity contribution in [3.05, 3.63) is 0 Å². The van der Waals surface area contributed by atoms with Crippen LogP contribution in [-0.2, 0) is 0 Å². The molecule has 0 fully saturated rings. The minimum absolute atomic E-state index is 2.17. The summed E-state index contributed by atoms with van der Waals surface area (Å²) in [4.78, 5) is 0. The van der Waals surface area contributed by atoms with E-state index >= 15 is 0 Å². The predicted octanol–water partition coefficient (Wildman–Crippen LogP) is -16.4. The van der Waals surface area contributed by atoms with Crippen molar-refractivity contribution in [2.45, 2.75) is 0 Å². The van der Waals surface area contributed by atoms with Crippen LogP contribution in [0.1, 0.15) is 0 Å². The molecule has 0 radical (unpaired) electrons. The molecule has 32 heavy (non-hydrogen) atoms. The molecule has 0 aliphatic carbocycles. The highest BCUT2D eigenvalue weighted by Gasteiger charge is 1.95. The van der Waals surface area contributed by atoms with Gasteiger partial charge in [-0.15, -0.1) is 0 Å². The quantitative estimate of drug-likeness (QED) is 0.139. The summed E-state index contributed by atoms with van der Waals surface area (Å²) in [5.74, 6) is 0.